The molecule has 2 radical (unpaired) electrons. The van der Waals surface area contributed by atoms with Crippen LogP contribution < -0.4 is 0 Å². The monoisotopic (exact) mass is 412 g/mol. The van der Waals surface area contributed by atoms with Crippen LogP contribution in [0, 0.1) is 0 Å². The van der Waals surface area contributed by atoms with E-state index in [1.54, 1.807) is 6.92 Å². The summed E-state index contributed by atoms with van der Waals surface area (Å²) in [5.74, 6) is 0. The maximum atomic E-state index is 12.6. The number of aliphatic hydroxyl groups is 2. The zero-order valence-corrected chi connectivity index (χ0v) is 16.5. The van der Waals surface area contributed by atoms with Crippen LogP contribution in [0.3, 0.4) is 0 Å². The van der Waals surface area contributed by atoms with Gasteiger partial charge in [-0.2, -0.15) is 0 Å². The van der Waals surface area contributed by atoms with Gasteiger partial charge >= 0.3 is 15.2 Å². The molecule has 0 spiro atoms. The Balaban J connectivity index is 1.85. The molecular formula is C13H23BO10P2. The zero-order valence-electron chi connectivity index (χ0n) is 14.7. The lowest BCUT2D eigenvalue weighted by Crippen LogP contribution is -2.39. The van der Waals surface area contributed by atoms with Crippen molar-refractivity contribution in [2.75, 3.05) is 26.5 Å². The van der Waals surface area contributed by atoms with Crippen molar-refractivity contribution in [2.45, 2.75) is 55.7 Å². The van der Waals surface area contributed by atoms with Crippen molar-refractivity contribution in [3.63, 3.8) is 0 Å². The maximum absolute atomic E-state index is 12.6. The summed E-state index contributed by atoms with van der Waals surface area (Å²) in [6, 6.07) is -1.08. The van der Waals surface area contributed by atoms with Gasteiger partial charge in [0, 0.05) is 19.3 Å². The lowest BCUT2D eigenvalue weighted by molar-refractivity contribution is -0.0345. The van der Waals surface area contributed by atoms with E-state index in [0.717, 1.165) is 0 Å². The molecule has 3 rings (SSSR count). The SMILES string of the molecule is [B][C@@H]1O[C@@H]2COP(C)(=O)O[C@@H]3C(O)[C@H](C)O[C@@H]3COP(C)(=O)OC2[C@@H]1O. The predicted molar refractivity (Wildman–Crippen MR) is 89.5 cm³/mol. The number of ether oxygens (including phenoxy) is 2. The number of rotatable bonds is 0. The van der Waals surface area contributed by atoms with E-state index in [0.29, 0.717) is 0 Å². The van der Waals surface area contributed by atoms with Crippen molar-refractivity contribution in [3.05, 3.63) is 0 Å². The highest BCUT2D eigenvalue weighted by molar-refractivity contribution is 7.53. The molecule has 10 nitrogen and oxygen atoms in total. The van der Waals surface area contributed by atoms with E-state index < -0.39 is 63.9 Å². The second kappa shape index (κ2) is 7.56. The smallest absolute Gasteiger partial charge is 0.328 e. The number of fused-ring (bicyclic) bond motifs is 2. The standard InChI is InChI=1S/C13H23BO10P2/c1-6-9(15)11-7(21-6)4-19-26(3,18)24-12-8(22-13(14)10(12)16)5-20-25(2,17)23-11/h6-13,15-16H,4-5H2,1-3H3/t6-,7+,8+,9?,10-,11-,12?,13+,25?,26?/m0/s1. The second-order valence-electron chi connectivity index (χ2n) is 6.77. The van der Waals surface area contributed by atoms with Crippen molar-refractivity contribution < 1.29 is 46.9 Å². The Morgan fingerprint density at radius 3 is 1.88 bits per heavy atom. The van der Waals surface area contributed by atoms with Gasteiger partial charge in [-0.15, -0.1) is 0 Å². The first-order chi connectivity index (χ1) is 12.0. The molecule has 3 heterocycles. The third-order valence-corrected chi connectivity index (χ3v) is 7.01. The highest BCUT2D eigenvalue weighted by Crippen LogP contribution is 2.52. The van der Waals surface area contributed by atoms with Crippen molar-refractivity contribution in [3.8, 4) is 0 Å². The van der Waals surface area contributed by atoms with E-state index in [1.165, 1.54) is 13.3 Å². The summed E-state index contributed by atoms with van der Waals surface area (Å²) >= 11 is 0. The van der Waals surface area contributed by atoms with E-state index in [4.69, 9.17) is 35.4 Å². The molecule has 0 aliphatic carbocycles. The number of hydrogen-bond donors (Lipinski definition) is 2. The lowest BCUT2D eigenvalue weighted by Gasteiger charge is -2.29. The van der Waals surface area contributed by atoms with Gasteiger partial charge < -0.3 is 28.7 Å². The van der Waals surface area contributed by atoms with Crippen LogP contribution in [0.2, 0.25) is 0 Å². The van der Waals surface area contributed by atoms with Crippen molar-refractivity contribution in [2.24, 2.45) is 0 Å². The molecule has 3 aliphatic heterocycles. The van der Waals surface area contributed by atoms with Gasteiger partial charge in [0.1, 0.15) is 44.5 Å². The molecule has 2 N–H and O–H groups in total. The highest BCUT2D eigenvalue weighted by Gasteiger charge is 2.49. The Morgan fingerprint density at radius 2 is 1.35 bits per heavy atom. The summed E-state index contributed by atoms with van der Waals surface area (Å²) < 4.78 is 57.8. The highest BCUT2D eigenvalue weighted by atomic mass is 31.2. The molecule has 4 unspecified atom stereocenters. The summed E-state index contributed by atoms with van der Waals surface area (Å²) in [7, 11) is -1.59. The topological polar surface area (TPSA) is 130 Å². The maximum Gasteiger partial charge on any atom is 0.328 e. The molecule has 148 valence electrons. The van der Waals surface area contributed by atoms with Crippen LogP contribution in [0.4, 0.5) is 0 Å². The number of hydrogen-bond acceptors (Lipinski definition) is 10. The Bertz CT molecular complexity index is 568. The molecule has 13 heteroatoms. The summed E-state index contributed by atoms with van der Waals surface area (Å²) in [6.07, 6.45) is -6.76. The Morgan fingerprint density at radius 1 is 0.885 bits per heavy atom. The molecule has 0 aromatic carbocycles. The largest absolute Gasteiger partial charge is 0.388 e. The fourth-order valence-corrected chi connectivity index (χ4v) is 5.50. The molecule has 26 heavy (non-hydrogen) atoms. The molecule has 0 bridgehead atoms. The van der Waals surface area contributed by atoms with Gasteiger partial charge in [0.2, 0.25) is 0 Å². The fourth-order valence-electron chi connectivity index (χ4n) is 3.14. The van der Waals surface area contributed by atoms with Crippen molar-refractivity contribution in [1.82, 2.24) is 0 Å². The Hall–Kier alpha value is 0.205. The minimum atomic E-state index is -3.63. The van der Waals surface area contributed by atoms with Crippen molar-refractivity contribution in [1.29, 1.82) is 0 Å². The lowest BCUT2D eigenvalue weighted by atomic mass is 9.93. The molecule has 3 aliphatic rings. The molecule has 10 atom stereocenters. The van der Waals surface area contributed by atoms with Crippen LogP contribution in [0.25, 0.3) is 0 Å². The van der Waals surface area contributed by atoms with Gasteiger partial charge in [-0.3, -0.25) is 18.2 Å². The summed E-state index contributed by atoms with van der Waals surface area (Å²) in [5, 5.41) is 20.3. The Labute approximate surface area is 152 Å². The fraction of sp³-hybridized carbons (Fsp3) is 1.00. The summed E-state index contributed by atoms with van der Waals surface area (Å²) in [5.41, 5.74) is 0. The van der Waals surface area contributed by atoms with Crippen LogP contribution in [-0.4, -0.2) is 93.3 Å². The number of aliphatic hydroxyl groups excluding tert-OH is 2. The minimum Gasteiger partial charge on any atom is -0.388 e. The van der Waals surface area contributed by atoms with Crippen LogP contribution in [0.1, 0.15) is 6.92 Å². The summed E-state index contributed by atoms with van der Waals surface area (Å²) in [6.45, 7) is 3.59. The van der Waals surface area contributed by atoms with E-state index in [1.807, 2.05) is 0 Å². The van der Waals surface area contributed by atoms with Gasteiger partial charge in [0.25, 0.3) is 0 Å². The van der Waals surface area contributed by atoms with E-state index in [9.17, 15) is 19.3 Å². The van der Waals surface area contributed by atoms with Crippen LogP contribution in [0.5, 0.6) is 0 Å². The molecule has 3 saturated heterocycles. The molecule has 0 saturated carbocycles. The first-order valence-corrected chi connectivity index (χ1v) is 12.2. The summed E-state index contributed by atoms with van der Waals surface area (Å²) in [4.78, 5) is 0. The first-order valence-electron chi connectivity index (χ1n) is 8.23. The molecule has 3 fully saturated rings. The van der Waals surface area contributed by atoms with Crippen molar-refractivity contribution >= 4 is 23.0 Å². The van der Waals surface area contributed by atoms with Gasteiger partial charge in [-0.05, 0) is 6.92 Å². The van der Waals surface area contributed by atoms with Gasteiger partial charge in [0.15, 0.2) is 0 Å². The average molecular weight is 412 g/mol. The normalized spacial score (nSPS) is 56.2. The average Bonchev–Trinajstić information content (AvgIpc) is 2.95. The van der Waals surface area contributed by atoms with Crippen LogP contribution in [0.15, 0.2) is 0 Å². The Kier molecular flexibility index (Phi) is 6.08. The van der Waals surface area contributed by atoms with Crippen LogP contribution in [-0.2, 0) is 36.7 Å². The van der Waals surface area contributed by atoms with Gasteiger partial charge in [-0.1, -0.05) is 0 Å². The van der Waals surface area contributed by atoms with E-state index >= 15 is 0 Å². The molecule has 0 aromatic rings. The van der Waals surface area contributed by atoms with Gasteiger partial charge in [-0.25, -0.2) is 0 Å². The predicted octanol–water partition coefficient (Wildman–Crippen LogP) is -0.148. The van der Waals surface area contributed by atoms with E-state index in [2.05, 4.69) is 0 Å². The minimum absolute atomic E-state index is 0.236. The second-order valence-corrected chi connectivity index (χ2v) is 10.8. The molecular weight excluding hydrogens is 389 g/mol. The van der Waals surface area contributed by atoms with E-state index in [-0.39, 0.29) is 13.2 Å². The van der Waals surface area contributed by atoms with Gasteiger partial charge in [0.05, 0.1) is 19.3 Å². The third-order valence-electron chi connectivity index (χ3n) is 4.52. The van der Waals surface area contributed by atoms with Crippen LogP contribution >= 0.6 is 15.2 Å². The quantitative estimate of drug-likeness (QED) is 0.409. The molecule has 0 amide bonds. The first kappa shape index (κ1) is 20.9. The zero-order chi connectivity index (χ0) is 19.3. The molecule has 0 aromatic heterocycles. The third kappa shape index (κ3) is 4.44.